The summed E-state index contributed by atoms with van der Waals surface area (Å²) in [5.74, 6) is 0.801. The Labute approximate surface area is 108 Å². The van der Waals surface area contributed by atoms with E-state index < -0.39 is 0 Å². The van der Waals surface area contributed by atoms with Gasteiger partial charge in [-0.2, -0.15) is 0 Å². The topological polar surface area (TPSA) is 17.8 Å². The third-order valence-electron chi connectivity index (χ3n) is 4.62. The van der Waals surface area contributed by atoms with E-state index in [1.54, 1.807) is 0 Å². The van der Waals surface area contributed by atoms with Crippen LogP contribution in [0.2, 0.25) is 0 Å². The van der Waals surface area contributed by atoms with Gasteiger partial charge in [-0.25, -0.2) is 4.98 Å². The van der Waals surface area contributed by atoms with Crippen molar-refractivity contribution in [3.05, 3.63) is 42.4 Å². The van der Waals surface area contributed by atoms with Crippen LogP contribution in [0.1, 0.15) is 43.7 Å². The normalized spacial score (nSPS) is 22.8. The second-order valence-electron chi connectivity index (χ2n) is 5.62. The maximum absolute atomic E-state index is 4.35. The summed E-state index contributed by atoms with van der Waals surface area (Å²) in [5, 5.41) is 0. The van der Waals surface area contributed by atoms with E-state index in [-0.39, 0.29) is 0 Å². The predicted molar refractivity (Wildman–Crippen MR) is 72.4 cm³/mol. The average molecular weight is 238 g/mol. The van der Waals surface area contributed by atoms with E-state index in [4.69, 9.17) is 0 Å². The zero-order valence-corrected chi connectivity index (χ0v) is 10.5. The van der Waals surface area contributed by atoms with Crippen molar-refractivity contribution in [2.24, 2.45) is 5.92 Å². The highest BCUT2D eigenvalue weighted by atomic mass is 15.1. The summed E-state index contributed by atoms with van der Waals surface area (Å²) in [5.41, 5.74) is 4.22. The van der Waals surface area contributed by atoms with Crippen LogP contribution >= 0.6 is 0 Å². The van der Waals surface area contributed by atoms with Gasteiger partial charge in [0.1, 0.15) is 0 Å². The molecule has 0 spiro atoms. The molecule has 0 unspecified atom stereocenters. The molecule has 18 heavy (non-hydrogen) atoms. The molecule has 1 aromatic heterocycles. The second kappa shape index (κ2) is 3.98. The first-order valence-electron chi connectivity index (χ1n) is 7.06. The molecular formula is C16H18N2. The lowest BCUT2D eigenvalue weighted by Crippen LogP contribution is -2.19. The Morgan fingerprint density at radius 1 is 1.06 bits per heavy atom. The number of hydrogen-bond acceptors (Lipinski definition) is 1. The molecule has 2 heterocycles. The standard InChI is InChI=1S/C16H18N2/c1-2-6-12(7-3-1)16-14-9-5-4-8-13(14)15-10-17-11-18(15)16/h4-5,8-12,16H,1-3,6-7H2/t16-/m0/s1. The van der Waals surface area contributed by atoms with Crippen molar-refractivity contribution in [2.75, 3.05) is 0 Å². The number of benzene rings is 1. The van der Waals surface area contributed by atoms with Gasteiger partial charge in [-0.1, -0.05) is 43.5 Å². The molecule has 1 aliphatic carbocycles. The summed E-state index contributed by atoms with van der Waals surface area (Å²) in [7, 11) is 0. The molecule has 0 bridgehead atoms. The van der Waals surface area contributed by atoms with Crippen LogP contribution in [0.3, 0.4) is 0 Å². The molecule has 0 amide bonds. The van der Waals surface area contributed by atoms with Crippen molar-refractivity contribution in [1.82, 2.24) is 9.55 Å². The lowest BCUT2D eigenvalue weighted by molar-refractivity contribution is 0.286. The van der Waals surface area contributed by atoms with Gasteiger partial charge in [0, 0.05) is 5.56 Å². The van der Waals surface area contributed by atoms with Gasteiger partial charge >= 0.3 is 0 Å². The van der Waals surface area contributed by atoms with Crippen molar-refractivity contribution < 1.29 is 0 Å². The third-order valence-corrected chi connectivity index (χ3v) is 4.62. The maximum Gasteiger partial charge on any atom is 0.0956 e. The van der Waals surface area contributed by atoms with Gasteiger partial charge in [0.15, 0.2) is 0 Å². The molecule has 0 radical (unpaired) electrons. The van der Waals surface area contributed by atoms with Crippen LogP contribution in [-0.2, 0) is 0 Å². The molecule has 2 aromatic rings. The van der Waals surface area contributed by atoms with Gasteiger partial charge in [0.2, 0.25) is 0 Å². The van der Waals surface area contributed by atoms with Crippen molar-refractivity contribution in [3.63, 3.8) is 0 Å². The monoisotopic (exact) mass is 238 g/mol. The number of fused-ring (bicyclic) bond motifs is 3. The minimum absolute atomic E-state index is 0.541. The summed E-state index contributed by atoms with van der Waals surface area (Å²) >= 11 is 0. The Hall–Kier alpha value is -1.57. The first kappa shape index (κ1) is 10.4. The van der Waals surface area contributed by atoms with E-state index in [0.717, 1.165) is 5.92 Å². The third kappa shape index (κ3) is 1.38. The van der Waals surface area contributed by atoms with Crippen LogP contribution in [0, 0.1) is 5.92 Å². The van der Waals surface area contributed by atoms with Gasteiger partial charge in [0.05, 0.1) is 24.3 Å². The highest BCUT2D eigenvalue weighted by Gasteiger charge is 2.34. The molecule has 1 saturated carbocycles. The molecular weight excluding hydrogens is 220 g/mol. The molecule has 2 nitrogen and oxygen atoms in total. The van der Waals surface area contributed by atoms with Crippen LogP contribution in [0.15, 0.2) is 36.8 Å². The number of hydrogen-bond donors (Lipinski definition) is 0. The highest BCUT2D eigenvalue weighted by Crippen LogP contribution is 2.46. The number of rotatable bonds is 1. The second-order valence-corrected chi connectivity index (χ2v) is 5.62. The molecule has 0 N–H and O–H groups in total. The van der Waals surface area contributed by atoms with Crippen molar-refractivity contribution in [3.8, 4) is 11.3 Å². The fraction of sp³-hybridized carbons (Fsp3) is 0.438. The van der Waals surface area contributed by atoms with Crippen LogP contribution in [0.5, 0.6) is 0 Å². The van der Waals surface area contributed by atoms with Gasteiger partial charge in [0.25, 0.3) is 0 Å². The summed E-state index contributed by atoms with van der Waals surface area (Å²) in [6.45, 7) is 0. The number of imidazole rings is 1. The average Bonchev–Trinajstić information content (AvgIpc) is 2.99. The Morgan fingerprint density at radius 2 is 1.89 bits per heavy atom. The first-order chi connectivity index (χ1) is 8.95. The van der Waals surface area contributed by atoms with E-state index in [1.807, 2.05) is 12.5 Å². The Kier molecular flexibility index (Phi) is 2.29. The smallest absolute Gasteiger partial charge is 0.0956 e. The van der Waals surface area contributed by atoms with E-state index in [2.05, 4.69) is 33.8 Å². The molecule has 1 aliphatic heterocycles. The largest absolute Gasteiger partial charge is 0.323 e. The molecule has 1 aromatic carbocycles. The van der Waals surface area contributed by atoms with Crippen LogP contribution in [0.4, 0.5) is 0 Å². The zero-order chi connectivity index (χ0) is 11.9. The molecule has 92 valence electrons. The maximum atomic E-state index is 4.35. The molecule has 1 atom stereocenters. The van der Waals surface area contributed by atoms with E-state index in [0.29, 0.717) is 6.04 Å². The molecule has 2 aliphatic rings. The van der Waals surface area contributed by atoms with Gasteiger partial charge in [-0.05, 0) is 24.3 Å². The number of aromatic nitrogens is 2. The van der Waals surface area contributed by atoms with E-state index in [9.17, 15) is 0 Å². The molecule has 2 heteroatoms. The fourth-order valence-corrected chi connectivity index (χ4v) is 3.80. The van der Waals surface area contributed by atoms with Crippen LogP contribution in [0.25, 0.3) is 11.3 Å². The summed E-state index contributed by atoms with van der Waals surface area (Å²) in [6.07, 6.45) is 11.0. The highest BCUT2D eigenvalue weighted by molar-refractivity contribution is 5.69. The zero-order valence-electron chi connectivity index (χ0n) is 10.5. The predicted octanol–water partition coefficient (Wildman–Crippen LogP) is 4.03. The summed E-state index contributed by atoms with van der Waals surface area (Å²) in [6, 6.07) is 9.40. The molecule has 0 saturated heterocycles. The van der Waals surface area contributed by atoms with Crippen molar-refractivity contribution in [1.29, 1.82) is 0 Å². The summed E-state index contributed by atoms with van der Waals surface area (Å²) in [4.78, 5) is 4.35. The summed E-state index contributed by atoms with van der Waals surface area (Å²) < 4.78 is 2.40. The van der Waals surface area contributed by atoms with E-state index >= 15 is 0 Å². The lowest BCUT2D eigenvalue weighted by Gasteiger charge is -2.29. The Bertz CT molecular complexity index is 564. The fourth-order valence-electron chi connectivity index (χ4n) is 3.80. The Balaban J connectivity index is 1.83. The first-order valence-corrected chi connectivity index (χ1v) is 7.06. The van der Waals surface area contributed by atoms with Gasteiger partial charge in [-0.15, -0.1) is 0 Å². The SMILES string of the molecule is c1ccc2c(c1)-c1cncn1[C@H]2C1CCCCC1. The number of nitrogens with zero attached hydrogens (tertiary/aromatic N) is 2. The van der Waals surface area contributed by atoms with Crippen molar-refractivity contribution in [2.45, 2.75) is 38.1 Å². The van der Waals surface area contributed by atoms with E-state index in [1.165, 1.54) is 48.9 Å². The molecule has 1 fully saturated rings. The van der Waals surface area contributed by atoms with Crippen LogP contribution in [-0.4, -0.2) is 9.55 Å². The van der Waals surface area contributed by atoms with Gasteiger partial charge < -0.3 is 4.57 Å². The minimum atomic E-state index is 0.541. The van der Waals surface area contributed by atoms with Gasteiger partial charge in [-0.3, -0.25) is 0 Å². The minimum Gasteiger partial charge on any atom is -0.323 e. The molecule has 4 rings (SSSR count). The Morgan fingerprint density at radius 3 is 2.78 bits per heavy atom. The quantitative estimate of drug-likeness (QED) is 0.733. The van der Waals surface area contributed by atoms with Crippen molar-refractivity contribution >= 4 is 0 Å². The van der Waals surface area contributed by atoms with Crippen LogP contribution < -0.4 is 0 Å². The lowest BCUT2D eigenvalue weighted by atomic mass is 9.81.